The van der Waals surface area contributed by atoms with E-state index in [4.69, 9.17) is 11.0 Å². The number of fused-ring (bicyclic) bond motifs is 1. The maximum atomic E-state index is 8.95. The minimum Gasteiger partial charge on any atom is -0.323 e. The third kappa shape index (κ3) is 1.91. The lowest BCUT2D eigenvalue weighted by Gasteiger charge is -2.37. The first-order valence-corrected chi connectivity index (χ1v) is 6.24. The second-order valence-electron chi connectivity index (χ2n) is 5.29. The number of rotatable bonds is 0. The highest BCUT2D eigenvalue weighted by Crippen LogP contribution is 2.49. The average molecular weight is 264 g/mol. The summed E-state index contributed by atoms with van der Waals surface area (Å²) in [5.74, 6) is 0. The molecule has 0 bridgehead atoms. The Balaban J connectivity index is 0.00000120. The lowest BCUT2D eigenvalue weighted by atomic mass is 9.73. The van der Waals surface area contributed by atoms with Gasteiger partial charge in [0.2, 0.25) is 0 Å². The monoisotopic (exact) mass is 263 g/mol. The van der Waals surface area contributed by atoms with Gasteiger partial charge in [-0.2, -0.15) is 5.26 Å². The van der Waals surface area contributed by atoms with Gasteiger partial charge in [-0.15, -0.1) is 12.4 Å². The van der Waals surface area contributed by atoms with Crippen LogP contribution >= 0.6 is 12.4 Å². The minimum absolute atomic E-state index is 0. The first-order valence-electron chi connectivity index (χ1n) is 6.24. The minimum atomic E-state index is 0. The van der Waals surface area contributed by atoms with Crippen LogP contribution in [0.25, 0.3) is 0 Å². The maximum Gasteiger partial charge on any atom is 0.0991 e. The smallest absolute Gasteiger partial charge is 0.0991 e. The molecule has 3 N–H and O–H groups in total. The number of piperidine rings is 1. The molecule has 1 heterocycles. The summed E-state index contributed by atoms with van der Waals surface area (Å²) in [7, 11) is 0. The van der Waals surface area contributed by atoms with Gasteiger partial charge in [-0.05, 0) is 61.0 Å². The van der Waals surface area contributed by atoms with Crippen molar-refractivity contribution in [2.45, 2.75) is 25.3 Å². The van der Waals surface area contributed by atoms with Crippen molar-refractivity contribution in [3.8, 4) is 6.07 Å². The molecule has 1 atom stereocenters. The first-order chi connectivity index (χ1) is 8.25. The molecule has 1 aromatic rings. The Labute approximate surface area is 114 Å². The number of halogens is 1. The summed E-state index contributed by atoms with van der Waals surface area (Å²) in [5.41, 5.74) is 9.97. The van der Waals surface area contributed by atoms with E-state index in [2.05, 4.69) is 17.5 Å². The number of nitriles is 1. The highest BCUT2D eigenvalue weighted by molar-refractivity contribution is 5.85. The van der Waals surface area contributed by atoms with Gasteiger partial charge in [-0.3, -0.25) is 0 Å². The van der Waals surface area contributed by atoms with Crippen LogP contribution in [0.4, 0.5) is 0 Å². The van der Waals surface area contributed by atoms with E-state index in [1.807, 2.05) is 12.1 Å². The molecule has 3 nitrogen and oxygen atoms in total. The molecule has 1 aromatic carbocycles. The fraction of sp³-hybridized carbons (Fsp3) is 0.500. The van der Waals surface area contributed by atoms with Crippen molar-refractivity contribution in [2.24, 2.45) is 11.1 Å². The van der Waals surface area contributed by atoms with Gasteiger partial charge in [0.05, 0.1) is 11.6 Å². The number of nitrogens with one attached hydrogen (secondary N) is 1. The Morgan fingerprint density at radius 3 is 2.72 bits per heavy atom. The normalized spacial score (nSPS) is 24.1. The van der Waals surface area contributed by atoms with Crippen molar-refractivity contribution in [1.82, 2.24) is 5.32 Å². The molecule has 0 amide bonds. The quantitative estimate of drug-likeness (QED) is 0.752. The van der Waals surface area contributed by atoms with Gasteiger partial charge in [0, 0.05) is 6.04 Å². The van der Waals surface area contributed by atoms with E-state index in [1.54, 1.807) is 0 Å². The summed E-state index contributed by atoms with van der Waals surface area (Å²) in [4.78, 5) is 0. The largest absolute Gasteiger partial charge is 0.323 e. The Morgan fingerprint density at radius 2 is 2.06 bits per heavy atom. The van der Waals surface area contributed by atoms with Gasteiger partial charge in [-0.25, -0.2) is 0 Å². The fourth-order valence-corrected chi connectivity index (χ4v) is 3.36. The summed E-state index contributed by atoms with van der Waals surface area (Å²) in [6.45, 7) is 2.12. The average Bonchev–Trinajstić information content (AvgIpc) is 2.63. The van der Waals surface area contributed by atoms with Crippen LogP contribution < -0.4 is 11.1 Å². The van der Waals surface area contributed by atoms with E-state index in [9.17, 15) is 0 Å². The predicted molar refractivity (Wildman–Crippen MR) is 73.6 cm³/mol. The number of nitrogens with two attached hydrogens (primary N) is 1. The molecule has 1 saturated heterocycles. The molecule has 0 aromatic heterocycles. The van der Waals surface area contributed by atoms with Crippen LogP contribution in [0.3, 0.4) is 0 Å². The topological polar surface area (TPSA) is 61.8 Å². The maximum absolute atomic E-state index is 8.95. The van der Waals surface area contributed by atoms with Crippen LogP contribution in [0, 0.1) is 16.7 Å². The SMILES string of the molecule is Cl.N#Cc1ccc2c(c1)CC1(CCNCC1)C2N. The van der Waals surface area contributed by atoms with Crippen molar-refractivity contribution in [1.29, 1.82) is 5.26 Å². The Hall–Kier alpha value is -1.08. The molecule has 1 unspecified atom stereocenters. The van der Waals surface area contributed by atoms with Crippen LogP contribution in [-0.4, -0.2) is 13.1 Å². The lowest BCUT2D eigenvalue weighted by molar-refractivity contribution is 0.174. The highest BCUT2D eigenvalue weighted by Gasteiger charge is 2.44. The summed E-state index contributed by atoms with van der Waals surface area (Å²) < 4.78 is 0. The number of benzene rings is 1. The van der Waals surface area contributed by atoms with Crippen molar-refractivity contribution in [3.05, 3.63) is 34.9 Å². The van der Waals surface area contributed by atoms with Crippen LogP contribution in [0.15, 0.2) is 18.2 Å². The number of hydrogen-bond donors (Lipinski definition) is 2. The molecule has 18 heavy (non-hydrogen) atoms. The van der Waals surface area contributed by atoms with Crippen LogP contribution in [-0.2, 0) is 6.42 Å². The van der Waals surface area contributed by atoms with E-state index in [0.717, 1.165) is 37.9 Å². The first kappa shape index (κ1) is 13.4. The summed E-state index contributed by atoms with van der Waals surface area (Å²) in [6, 6.07) is 8.31. The van der Waals surface area contributed by atoms with E-state index in [1.165, 1.54) is 11.1 Å². The highest BCUT2D eigenvalue weighted by atomic mass is 35.5. The molecular formula is C14H18ClN3. The fourth-order valence-electron chi connectivity index (χ4n) is 3.36. The van der Waals surface area contributed by atoms with Gasteiger partial charge in [0.25, 0.3) is 0 Å². The lowest BCUT2D eigenvalue weighted by Crippen LogP contribution is -2.41. The molecule has 0 saturated carbocycles. The number of nitrogens with zero attached hydrogens (tertiary/aromatic N) is 1. The van der Waals surface area contributed by atoms with Gasteiger partial charge in [0.1, 0.15) is 0 Å². The summed E-state index contributed by atoms with van der Waals surface area (Å²) in [5, 5.41) is 12.3. The van der Waals surface area contributed by atoms with Gasteiger partial charge >= 0.3 is 0 Å². The molecule has 0 radical (unpaired) electrons. The standard InChI is InChI=1S/C14H17N3.ClH/c15-9-10-1-2-12-11(7-10)8-14(13(12)16)3-5-17-6-4-14;/h1-2,7,13,17H,3-6,8,16H2;1H. The molecule has 1 spiro atoms. The molecule has 1 fully saturated rings. The molecule has 1 aliphatic heterocycles. The van der Waals surface area contributed by atoms with Crippen LogP contribution in [0.1, 0.15) is 35.6 Å². The zero-order chi connectivity index (χ0) is 11.9. The van der Waals surface area contributed by atoms with E-state index >= 15 is 0 Å². The van der Waals surface area contributed by atoms with Gasteiger partial charge < -0.3 is 11.1 Å². The zero-order valence-electron chi connectivity index (χ0n) is 10.3. The Morgan fingerprint density at radius 1 is 1.33 bits per heavy atom. The summed E-state index contributed by atoms with van der Waals surface area (Å²) >= 11 is 0. The van der Waals surface area contributed by atoms with E-state index < -0.39 is 0 Å². The second-order valence-corrected chi connectivity index (χ2v) is 5.29. The third-order valence-corrected chi connectivity index (χ3v) is 4.41. The number of hydrogen-bond acceptors (Lipinski definition) is 3. The Bertz CT molecular complexity index is 486. The predicted octanol–water partition coefficient (Wildman–Crippen LogP) is 1.91. The van der Waals surface area contributed by atoms with Gasteiger partial charge in [-0.1, -0.05) is 6.07 Å². The molecular weight excluding hydrogens is 246 g/mol. The summed E-state index contributed by atoms with van der Waals surface area (Å²) in [6.07, 6.45) is 3.33. The van der Waals surface area contributed by atoms with E-state index in [0.29, 0.717) is 0 Å². The van der Waals surface area contributed by atoms with Crippen LogP contribution in [0.5, 0.6) is 0 Å². The van der Waals surface area contributed by atoms with E-state index in [-0.39, 0.29) is 23.9 Å². The van der Waals surface area contributed by atoms with Crippen molar-refractivity contribution < 1.29 is 0 Å². The molecule has 3 rings (SSSR count). The van der Waals surface area contributed by atoms with Crippen LogP contribution in [0.2, 0.25) is 0 Å². The van der Waals surface area contributed by atoms with Crippen molar-refractivity contribution in [2.75, 3.05) is 13.1 Å². The molecule has 96 valence electrons. The Kier molecular flexibility index (Phi) is 3.63. The third-order valence-electron chi connectivity index (χ3n) is 4.41. The zero-order valence-corrected chi connectivity index (χ0v) is 11.1. The molecule has 2 aliphatic rings. The van der Waals surface area contributed by atoms with Crippen molar-refractivity contribution >= 4 is 12.4 Å². The van der Waals surface area contributed by atoms with Gasteiger partial charge in [0.15, 0.2) is 0 Å². The molecule has 1 aliphatic carbocycles. The molecule has 4 heteroatoms. The van der Waals surface area contributed by atoms with Crippen molar-refractivity contribution in [3.63, 3.8) is 0 Å². The second kappa shape index (κ2) is 4.89.